The van der Waals surface area contributed by atoms with Crippen molar-refractivity contribution in [2.75, 3.05) is 10.6 Å². The first-order valence-electron chi connectivity index (χ1n) is 7.56. The first-order chi connectivity index (χ1) is 12.4. The number of anilines is 3. The number of hydrogen-bond acceptors (Lipinski definition) is 4. The number of rotatable bonds is 4. The minimum atomic E-state index is -0.449. The number of amides is 1. The number of nitrogens with one attached hydrogen (secondary N) is 2. The van der Waals surface area contributed by atoms with Crippen LogP contribution in [0.15, 0.2) is 48.5 Å². The number of aryl methyl sites for hydroxylation is 1. The summed E-state index contributed by atoms with van der Waals surface area (Å²) in [6.45, 7) is 1.66. The van der Waals surface area contributed by atoms with Gasteiger partial charge in [0.2, 0.25) is 0 Å². The van der Waals surface area contributed by atoms with Crippen molar-refractivity contribution in [1.82, 2.24) is 9.97 Å². The maximum Gasteiger partial charge on any atom is 0.274 e. The Morgan fingerprint density at radius 1 is 1.04 bits per heavy atom. The minimum absolute atomic E-state index is 0.146. The highest BCUT2D eigenvalue weighted by molar-refractivity contribution is 6.39. The second kappa shape index (κ2) is 7.68. The summed E-state index contributed by atoms with van der Waals surface area (Å²) in [4.78, 5) is 20.8. The van der Waals surface area contributed by atoms with Gasteiger partial charge in [0.1, 0.15) is 23.2 Å². The van der Waals surface area contributed by atoms with E-state index in [-0.39, 0.29) is 11.5 Å². The molecule has 0 bridgehead atoms. The van der Waals surface area contributed by atoms with E-state index in [0.717, 1.165) is 0 Å². The number of carbonyl (C=O) groups is 1. The maximum atomic E-state index is 13.0. The molecule has 1 aromatic heterocycles. The zero-order chi connectivity index (χ0) is 18.7. The normalized spacial score (nSPS) is 10.5. The monoisotopic (exact) mass is 390 g/mol. The van der Waals surface area contributed by atoms with Gasteiger partial charge in [0, 0.05) is 11.8 Å². The molecule has 0 aliphatic heterocycles. The third-order valence-electron chi connectivity index (χ3n) is 3.39. The molecule has 3 aromatic rings. The van der Waals surface area contributed by atoms with Gasteiger partial charge in [-0.05, 0) is 43.3 Å². The van der Waals surface area contributed by atoms with Crippen molar-refractivity contribution in [3.05, 3.63) is 75.9 Å². The van der Waals surface area contributed by atoms with Crippen molar-refractivity contribution in [1.29, 1.82) is 0 Å². The van der Waals surface area contributed by atoms with E-state index < -0.39 is 5.91 Å². The Labute approximate surface area is 159 Å². The molecule has 8 heteroatoms. The lowest BCUT2D eigenvalue weighted by Gasteiger charge is -2.11. The summed E-state index contributed by atoms with van der Waals surface area (Å²) in [6.07, 6.45) is 0. The Morgan fingerprint density at radius 3 is 2.35 bits per heavy atom. The summed E-state index contributed by atoms with van der Waals surface area (Å²) in [5, 5.41) is 6.50. The molecule has 0 aliphatic carbocycles. The van der Waals surface area contributed by atoms with Crippen molar-refractivity contribution >= 4 is 46.3 Å². The molecule has 1 heterocycles. The molecule has 0 fully saturated rings. The van der Waals surface area contributed by atoms with Gasteiger partial charge in [-0.25, -0.2) is 14.4 Å². The van der Waals surface area contributed by atoms with Crippen LogP contribution in [0.25, 0.3) is 0 Å². The number of halogens is 3. The van der Waals surface area contributed by atoms with Gasteiger partial charge in [0.25, 0.3) is 5.91 Å². The van der Waals surface area contributed by atoms with Crippen LogP contribution in [0, 0.1) is 12.7 Å². The van der Waals surface area contributed by atoms with Crippen LogP contribution in [-0.2, 0) is 0 Å². The van der Waals surface area contributed by atoms with Gasteiger partial charge >= 0.3 is 0 Å². The fraction of sp³-hybridized carbons (Fsp3) is 0.0556. The highest BCUT2D eigenvalue weighted by atomic mass is 35.5. The largest absolute Gasteiger partial charge is 0.338 e. The topological polar surface area (TPSA) is 66.9 Å². The highest BCUT2D eigenvalue weighted by Crippen LogP contribution is 2.32. The van der Waals surface area contributed by atoms with E-state index in [4.69, 9.17) is 23.2 Å². The minimum Gasteiger partial charge on any atom is -0.338 e. The fourth-order valence-corrected chi connectivity index (χ4v) is 2.71. The van der Waals surface area contributed by atoms with Crippen molar-refractivity contribution in [3.63, 3.8) is 0 Å². The predicted octanol–water partition coefficient (Wildman–Crippen LogP) is 5.23. The summed E-state index contributed by atoms with van der Waals surface area (Å²) in [7, 11) is 0. The predicted molar refractivity (Wildman–Crippen MR) is 101 cm³/mol. The molecule has 2 aromatic carbocycles. The van der Waals surface area contributed by atoms with Crippen molar-refractivity contribution < 1.29 is 9.18 Å². The van der Waals surface area contributed by atoms with Crippen LogP contribution >= 0.6 is 23.2 Å². The van der Waals surface area contributed by atoms with Crippen LogP contribution in [0.4, 0.5) is 21.6 Å². The molecule has 1 amide bonds. The maximum absolute atomic E-state index is 13.0. The first kappa shape index (κ1) is 18.1. The zero-order valence-corrected chi connectivity index (χ0v) is 15.1. The number of benzene rings is 2. The zero-order valence-electron chi connectivity index (χ0n) is 13.6. The second-order valence-corrected chi connectivity index (χ2v) is 6.18. The SMILES string of the molecule is Cc1nc(Nc2c(Cl)cccc2Cl)cc(C(=O)Nc2ccc(F)cc2)n1. The standard InChI is InChI=1S/C18H13Cl2FN4O/c1-10-22-15(18(26)24-12-7-5-11(21)6-8-12)9-16(23-10)25-17-13(19)3-2-4-14(17)20/h2-9H,1H3,(H,24,26)(H,22,23,25). The molecule has 0 spiro atoms. The van der Waals surface area contributed by atoms with E-state index in [1.165, 1.54) is 30.3 Å². The lowest BCUT2D eigenvalue weighted by atomic mass is 10.2. The molecule has 0 aliphatic rings. The van der Waals surface area contributed by atoms with Crippen LogP contribution < -0.4 is 10.6 Å². The van der Waals surface area contributed by atoms with E-state index in [2.05, 4.69) is 20.6 Å². The van der Waals surface area contributed by atoms with E-state index in [1.807, 2.05) is 0 Å². The van der Waals surface area contributed by atoms with E-state index in [1.54, 1.807) is 25.1 Å². The fourth-order valence-electron chi connectivity index (χ4n) is 2.22. The summed E-state index contributed by atoms with van der Waals surface area (Å²) in [5.41, 5.74) is 1.09. The summed E-state index contributed by atoms with van der Waals surface area (Å²) in [6, 6.07) is 12.0. The number of para-hydroxylation sites is 1. The Morgan fingerprint density at radius 2 is 1.69 bits per heavy atom. The van der Waals surface area contributed by atoms with Gasteiger partial charge in [-0.3, -0.25) is 4.79 Å². The molecule has 0 radical (unpaired) electrons. The summed E-state index contributed by atoms with van der Waals surface area (Å²) >= 11 is 12.3. The summed E-state index contributed by atoms with van der Waals surface area (Å²) in [5.74, 6) is -0.0708. The molecule has 3 rings (SSSR count). The van der Waals surface area contributed by atoms with Crippen LogP contribution in [0.1, 0.15) is 16.3 Å². The second-order valence-electron chi connectivity index (χ2n) is 5.37. The Bertz CT molecular complexity index is 944. The van der Waals surface area contributed by atoms with Gasteiger partial charge in [0.05, 0.1) is 15.7 Å². The molecule has 132 valence electrons. The Balaban J connectivity index is 1.85. The molecule has 0 saturated heterocycles. The lowest BCUT2D eigenvalue weighted by Crippen LogP contribution is -2.15. The Kier molecular flexibility index (Phi) is 5.35. The molecular formula is C18H13Cl2FN4O. The quantitative estimate of drug-likeness (QED) is 0.640. The number of hydrogen-bond donors (Lipinski definition) is 2. The lowest BCUT2D eigenvalue weighted by molar-refractivity contribution is 0.102. The van der Waals surface area contributed by atoms with Crippen molar-refractivity contribution in [2.45, 2.75) is 6.92 Å². The van der Waals surface area contributed by atoms with E-state index >= 15 is 0 Å². The number of carbonyl (C=O) groups excluding carboxylic acids is 1. The van der Waals surface area contributed by atoms with Crippen LogP contribution in [0.3, 0.4) is 0 Å². The average molecular weight is 391 g/mol. The summed E-state index contributed by atoms with van der Waals surface area (Å²) < 4.78 is 13.0. The van der Waals surface area contributed by atoms with Crippen LogP contribution in [-0.4, -0.2) is 15.9 Å². The van der Waals surface area contributed by atoms with Gasteiger partial charge < -0.3 is 10.6 Å². The first-order valence-corrected chi connectivity index (χ1v) is 8.31. The third-order valence-corrected chi connectivity index (χ3v) is 4.02. The smallest absolute Gasteiger partial charge is 0.274 e. The number of nitrogens with zero attached hydrogens (tertiary/aromatic N) is 2. The van der Waals surface area contributed by atoms with Gasteiger partial charge in [-0.1, -0.05) is 29.3 Å². The van der Waals surface area contributed by atoms with Crippen molar-refractivity contribution in [2.24, 2.45) is 0 Å². The molecule has 0 saturated carbocycles. The van der Waals surface area contributed by atoms with E-state index in [9.17, 15) is 9.18 Å². The average Bonchev–Trinajstić information content (AvgIpc) is 2.60. The number of aromatic nitrogens is 2. The third kappa shape index (κ3) is 4.28. The molecule has 5 nitrogen and oxygen atoms in total. The van der Waals surface area contributed by atoms with Gasteiger partial charge in [-0.15, -0.1) is 0 Å². The molecule has 2 N–H and O–H groups in total. The van der Waals surface area contributed by atoms with E-state index in [0.29, 0.717) is 33.1 Å². The van der Waals surface area contributed by atoms with Crippen molar-refractivity contribution in [3.8, 4) is 0 Å². The van der Waals surface area contributed by atoms with Crippen LogP contribution in [0.5, 0.6) is 0 Å². The molecular weight excluding hydrogens is 378 g/mol. The van der Waals surface area contributed by atoms with Gasteiger partial charge in [0.15, 0.2) is 0 Å². The Hall–Kier alpha value is -2.70. The van der Waals surface area contributed by atoms with Gasteiger partial charge in [-0.2, -0.15) is 0 Å². The molecule has 26 heavy (non-hydrogen) atoms. The molecule has 0 unspecified atom stereocenters. The highest BCUT2D eigenvalue weighted by Gasteiger charge is 2.13. The molecule has 0 atom stereocenters. The van der Waals surface area contributed by atoms with Crippen LogP contribution in [0.2, 0.25) is 10.0 Å².